The molecule has 4 rings (SSSR count). The lowest BCUT2D eigenvalue weighted by Crippen LogP contribution is -2.60. The first-order valence-electron chi connectivity index (χ1n) is 12.1. The average molecular weight is 495 g/mol. The predicted molar refractivity (Wildman–Crippen MR) is 135 cm³/mol. The van der Waals surface area contributed by atoms with E-state index in [0.29, 0.717) is 11.4 Å². The zero-order valence-electron chi connectivity index (χ0n) is 20.6. The van der Waals surface area contributed by atoms with E-state index in [2.05, 4.69) is 18.7 Å². The Balaban J connectivity index is 1.89. The smallest absolute Gasteiger partial charge is 0.354 e. The minimum absolute atomic E-state index is 0.00515. The molecule has 2 heterocycles. The maximum Gasteiger partial charge on any atom is 0.354 e. The lowest BCUT2D eigenvalue weighted by atomic mass is 9.69. The number of nitro groups is 2. The highest BCUT2D eigenvalue weighted by atomic mass is 16.6. The fourth-order valence-electron chi connectivity index (χ4n) is 5.41. The number of esters is 1. The average Bonchev–Trinajstić information content (AvgIpc) is 3.37. The number of anilines is 1. The van der Waals surface area contributed by atoms with Crippen LogP contribution in [0.25, 0.3) is 0 Å². The molecular weight excluding hydrogens is 464 g/mol. The minimum atomic E-state index is -0.484. The summed E-state index contributed by atoms with van der Waals surface area (Å²) >= 11 is 0. The Morgan fingerprint density at radius 1 is 0.972 bits per heavy atom. The molecule has 36 heavy (non-hydrogen) atoms. The Kier molecular flexibility index (Phi) is 7.07. The number of carbonyl (C=O) groups is 1. The summed E-state index contributed by atoms with van der Waals surface area (Å²) in [6, 6.07) is 12.7. The first kappa shape index (κ1) is 25.3. The molecule has 0 amide bonds. The summed E-state index contributed by atoms with van der Waals surface area (Å²) in [7, 11) is 0. The summed E-state index contributed by atoms with van der Waals surface area (Å²) < 4.78 is 5.44. The van der Waals surface area contributed by atoms with Gasteiger partial charge in [0.25, 0.3) is 11.4 Å². The summed E-state index contributed by atoms with van der Waals surface area (Å²) in [6.07, 6.45) is 3.67. The topological polar surface area (TPSA) is 119 Å². The highest BCUT2D eigenvalue weighted by molar-refractivity contribution is 5.94. The van der Waals surface area contributed by atoms with Crippen molar-refractivity contribution in [2.45, 2.75) is 45.7 Å². The molecule has 0 aromatic heterocycles. The normalized spacial score (nSPS) is 21.6. The number of rotatable bonds is 7. The third kappa shape index (κ3) is 4.68. The van der Waals surface area contributed by atoms with Crippen LogP contribution in [-0.4, -0.2) is 46.6 Å². The van der Waals surface area contributed by atoms with Gasteiger partial charge >= 0.3 is 5.97 Å². The molecule has 2 aliphatic heterocycles. The molecule has 0 bridgehead atoms. The second-order valence-electron chi connectivity index (χ2n) is 9.68. The maximum absolute atomic E-state index is 13.3. The molecule has 1 saturated heterocycles. The molecule has 0 aliphatic carbocycles. The van der Waals surface area contributed by atoms with E-state index in [1.807, 2.05) is 11.0 Å². The highest BCUT2D eigenvalue weighted by Crippen LogP contribution is 2.50. The Morgan fingerprint density at radius 3 is 2.00 bits per heavy atom. The molecule has 0 N–H and O–H groups in total. The lowest BCUT2D eigenvalue weighted by molar-refractivity contribution is -0.385. The van der Waals surface area contributed by atoms with Gasteiger partial charge in [-0.05, 0) is 43.5 Å². The number of nitrogens with zero attached hydrogens (tertiary/aromatic N) is 4. The molecular formula is C26H30N4O6. The largest absolute Gasteiger partial charge is 0.461 e. The van der Waals surface area contributed by atoms with Crippen molar-refractivity contribution in [3.8, 4) is 0 Å². The van der Waals surface area contributed by atoms with Crippen molar-refractivity contribution >= 4 is 23.0 Å². The van der Waals surface area contributed by atoms with Crippen molar-refractivity contribution < 1.29 is 19.4 Å². The maximum atomic E-state index is 13.3. The van der Waals surface area contributed by atoms with Crippen LogP contribution in [0.15, 0.2) is 60.3 Å². The van der Waals surface area contributed by atoms with E-state index in [4.69, 9.17) is 4.74 Å². The fraction of sp³-hybridized carbons (Fsp3) is 0.423. The molecule has 0 saturated carbocycles. The number of allylic oxidation sites excluding steroid dienone is 1. The summed E-state index contributed by atoms with van der Waals surface area (Å²) in [5.74, 6) is -0.722. The number of hydrogen-bond donors (Lipinski definition) is 0. The molecule has 1 fully saturated rings. The Bertz CT molecular complexity index is 1170. The standard InChI is InChI=1S/C26H30N4O6/c1-4-36-24(31)23-17-22(18-7-9-20(10-8-18)29(32)33)26(2,3)25(27-15-5-6-16-27)28(23)19-11-13-21(14-12-19)30(34)35/h7-14,17,22,25H,4-6,15-16H2,1-3H3/t22-,25+/m1/s1. The molecule has 2 aliphatic rings. The summed E-state index contributed by atoms with van der Waals surface area (Å²) in [6.45, 7) is 7.89. The van der Waals surface area contributed by atoms with Gasteiger partial charge in [-0.25, -0.2) is 4.79 Å². The van der Waals surface area contributed by atoms with Crippen LogP contribution < -0.4 is 4.90 Å². The van der Waals surface area contributed by atoms with Crippen molar-refractivity contribution in [3.05, 3.63) is 86.1 Å². The van der Waals surface area contributed by atoms with Crippen molar-refractivity contribution in [1.29, 1.82) is 0 Å². The molecule has 10 nitrogen and oxygen atoms in total. The number of non-ortho nitro benzene ring substituents is 2. The van der Waals surface area contributed by atoms with E-state index < -0.39 is 21.2 Å². The van der Waals surface area contributed by atoms with Crippen LogP contribution in [0.1, 0.15) is 45.1 Å². The zero-order valence-corrected chi connectivity index (χ0v) is 20.6. The molecule has 2 aromatic rings. The minimum Gasteiger partial charge on any atom is -0.461 e. The summed E-state index contributed by atoms with van der Waals surface area (Å²) in [4.78, 5) is 39.1. The summed E-state index contributed by atoms with van der Waals surface area (Å²) in [5.41, 5.74) is 1.40. The monoisotopic (exact) mass is 494 g/mol. The molecule has 190 valence electrons. The number of nitro benzene ring substituents is 2. The van der Waals surface area contributed by atoms with Gasteiger partial charge in [0.2, 0.25) is 0 Å². The number of benzene rings is 2. The number of hydrogen-bond acceptors (Lipinski definition) is 8. The van der Waals surface area contributed by atoms with E-state index in [1.165, 1.54) is 24.3 Å². The third-order valence-corrected chi connectivity index (χ3v) is 7.07. The number of carbonyl (C=O) groups excluding carboxylic acids is 1. The van der Waals surface area contributed by atoms with E-state index in [1.54, 1.807) is 31.2 Å². The first-order valence-corrected chi connectivity index (χ1v) is 12.1. The molecule has 10 heteroatoms. The molecule has 0 radical (unpaired) electrons. The van der Waals surface area contributed by atoms with Gasteiger partial charge in [0.1, 0.15) is 5.70 Å². The van der Waals surface area contributed by atoms with Gasteiger partial charge in [-0.2, -0.15) is 0 Å². The van der Waals surface area contributed by atoms with Gasteiger partial charge in [-0.3, -0.25) is 25.1 Å². The predicted octanol–water partition coefficient (Wildman–Crippen LogP) is 5.00. The van der Waals surface area contributed by atoms with E-state index in [9.17, 15) is 25.0 Å². The number of ether oxygens (including phenoxy) is 1. The second kappa shape index (κ2) is 10.1. The second-order valence-corrected chi connectivity index (χ2v) is 9.68. The van der Waals surface area contributed by atoms with Crippen LogP contribution in [0.4, 0.5) is 17.1 Å². The van der Waals surface area contributed by atoms with Crippen molar-refractivity contribution in [1.82, 2.24) is 4.90 Å². The van der Waals surface area contributed by atoms with Gasteiger partial charge in [-0.15, -0.1) is 0 Å². The van der Waals surface area contributed by atoms with Gasteiger partial charge < -0.3 is 9.64 Å². The van der Waals surface area contributed by atoms with Gasteiger partial charge in [-0.1, -0.05) is 26.0 Å². The van der Waals surface area contributed by atoms with Gasteiger partial charge in [0.15, 0.2) is 0 Å². The quantitative estimate of drug-likeness (QED) is 0.300. The van der Waals surface area contributed by atoms with Crippen molar-refractivity contribution in [3.63, 3.8) is 0 Å². The molecule has 2 aromatic carbocycles. The highest BCUT2D eigenvalue weighted by Gasteiger charge is 2.50. The van der Waals surface area contributed by atoms with Gasteiger partial charge in [0, 0.05) is 54.4 Å². The van der Waals surface area contributed by atoms with Crippen molar-refractivity contribution in [2.75, 3.05) is 24.6 Å². The molecule has 2 atom stereocenters. The van der Waals surface area contributed by atoms with Gasteiger partial charge in [0.05, 0.1) is 22.6 Å². The van der Waals surface area contributed by atoms with Crippen LogP contribution in [0.5, 0.6) is 0 Å². The molecule has 0 spiro atoms. The van der Waals surface area contributed by atoms with E-state index >= 15 is 0 Å². The Hall–Kier alpha value is -3.79. The SMILES string of the molecule is CCOC(=O)C1=C[C@H](c2ccc([N+](=O)[O-])cc2)C(C)(C)[C@@H](N2CCCC2)N1c1ccc([N+](=O)[O-])cc1. The summed E-state index contributed by atoms with van der Waals surface area (Å²) in [5, 5.41) is 22.4. The lowest BCUT2D eigenvalue weighted by Gasteiger charge is -2.53. The Morgan fingerprint density at radius 2 is 1.50 bits per heavy atom. The molecule has 0 unspecified atom stereocenters. The first-order chi connectivity index (χ1) is 17.1. The van der Waals surface area contributed by atoms with Crippen LogP contribution in [0, 0.1) is 25.6 Å². The van der Waals surface area contributed by atoms with Crippen LogP contribution in [0.3, 0.4) is 0 Å². The van der Waals surface area contributed by atoms with E-state index in [0.717, 1.165) is 31.5 Å². The number of likely N-dealkylation sites (tertiary alicyclic amines) is 1. The fourth-order valence-corrected chi connectivity index (χ4v) is 5.41. The third-order valence-electron chi connectivity index (χ3n) is 7.07. The van der Waals surface area contributed by atoms with Crippen LogP contribution >= 0.6 is 0 Å². The van der Waals surface area contributed by atoms with E-state index in [-0.39, 0.29) is 30.1 Å². The van der Waals surface area contributed by atoms with Crippen LogP contribution in [-0.2, 0) is 9.53 Å². The van der Waals surface area contributed by atoms with Crippen LogP contribution in [0.2, 0.25) is 0 Å². The van der Waals surface area contributed by atoms with Crippen molar-refractivity contribution in [2.24, 2.45) is 5.41 Å². The Labute approximate surface area is 209 Å². The zero-order chi connectivity index (χ0) is 26.0.